The molecule has 2 aliphatic carbocycles. The van der Waals surface area contributed by atoms with Crippen LogP contribution >= 0.6 is 22.9 Å². The van der Waals surface area contributed by atoms with Crippen LogP contribution in [-0.2, 0) is 6.42 Å². The molecule has 166 valence electrons. The van der Waals surface area contributed by atoms with Gasteiger partial charge in [-0.2, -0.15) is 16.6 Å². The summed E-state index contributed by atoms with van der Waals surface area (Å²) in [6.07, 6.45) is 6.25. The van der Waals surface area contributed by atoms with E-state index in [9.17, 15) is 5.26 Å². The number of halogens is 1. The van der Waals surface area contributed by atoms with Crippen LogP contribution in [0.4, 0.5) is 0 Å². The van der Waals surface area contributed by atoms with E-state index in [1.54, 1.807) is 11.3 Å². The van der Waals surface area contributed by atoms with Crippen molar-refractivity contribution in [2.45, 2.75) is 39.0 Å². The van der Waals surface area contributed by atoms with Crippen molar-refractivity contribution in [1.82, 2.24) is 9.97 Å². The number of rotatable bonds is 4. The summed E-state index contributed by atoms with van der Waals surface area (Å²) in [6, 6.07) is 14.8. The van der Waals surface area contributed by atoms with Crippen LogP contribution in [0.25, 0.3) is 33.4 Å². The number of benzene rings is 1. The molecular formula is C28H26ClN3S. The molecule has 4 atom stereocenters. The van der Waals surface area contributed by atoms with Crippen molar-refractivity contribution in [3.8, 4) is 28.5 Å². The first-order chi connectivity index (χ1) is 16.1. The summed E-state index contributed by atoms with van der Waals surface area (Å²) < 4.78 is 0. The van der Waals surface area contributed by atoms with E-state index in [-0.39, 0.29) is 0 Å². The molecule has 1 aromatic carbocycles. The van der Waals surface area contributed by atoms with Crippen molar-refractivity contribution in [2.75, 3.05) is 0 Å². The Balaban J connectivity index is 1.34. The molecule has 2 saturated carbocycles. The largest absolute Gasteiger partial charge is 0.356 e. The minimum atomic E-state index is 0.605. The van der Waals surface area contributed by atoms with E-state index in [1.165, 1.54) is 36.8 Å². The fraction of sp³-hybridized carbons (Fsp3) is 0.357. The van der Waals surface area contributed by atoms with Crippen molar-refractivity contribution < 1.29 is 0 Å². The predicted octanol–water partition coefficient (Wildman–Crippen LogP) is 8.10. The zero-order chi connectivity index (χ0) is 22.5. The number of nitrogens with zero attached hydrogens (tertiary/aromatic N) is 2. The van der Waals surface area contributed by atoms with Gasteiger partial charge in [-0.15, -0.1) is 0 Å². The lowest BCUT2D eigenvalue weighted by Crippen LogP contribution is -2.14. The molecule has 1 N–H and O–H groups in total. The second-order valence-electron chi connectivity index (χ2n) is 9.82. The molecule has 6 rings (SSSR count). The first-order valence-electron chi connectivity index (χ1n) is 11.9. The Morgan fingerprint density at radius 2 is 1.85 bits per heavy atom. The Morgan fingerprint density at radius 1 is 1.06 bits per heavy atom. The summed E-state index contributed by atoms with van der Waals surface area (Å²) in [4.78, 5) is 8.41. The smallest absolute Gasteiger partial charge is 0.107 e. The minimum absolute atomic E-state index is 0.605. The average Bonchev–Trinajstić information content (AvgIpc) is 3.60. The fourth-order valence-corrected chi connectivity index (χ4v) is 7.32. The number of nitrogens with one attached hydrogen (secondary N) is 1. The maximum atomic E-state index is 10.0. The van der Waals surface area contributed by atoms with Gasteiger partial charge in [0.1, 0.15) is 11.6 Å². The van der Waals surface area contributed by atoms with E-state index in [1.807, 2.05) is 6.07 Å². The highest BCUT2D eigenvalue weighted by Crippen LogP contribution is 2.51. The van der Waals surface area contributed by atoms with Crippen molar-refractivity contribution >= 4 is 34.0 Å². The highest BCUT2D eigenvalue weighted by atomic mass is 35.5. The van der Waals surface area contributed by atoms with Gasteiger partial charge in [-0.3, -0.25) is 0 Å². The Kier molecular flexibility index (Phi) is 5.28. The number of fused-ring (bicyclic) bond motifs is 2. The molecule has 2 aliphatic rings. The quantitative estimate of drug-likeness (QED) is 0.327. The van der Waals surface area contributed by atoms with Crippen molar-refractivity contribution in [3.63, 3.8) is 0 Å². The second-order valence-corrected chi connectivity index (χ2v) is 11.0. The van der Waals surface area contributed by atoms with Gasteiger partial charge in [0.2, 0.25) is 0 Å². The second kappa shape index (κ2) is 8.31. The van der Waals surface area contributed by atoms with Crippen molar-refractivity contribution in [3.05, 3.63) is 63.4 Å². The molecule has 2 fully saturated rings. The molecule has 3 nitrogen and oxygen atoms in total. The van der Waals surface area contributed by atoms with Crippen LogP contribution < -0.4 is 0 Å². The zero-order valence-electron chi connectivity index (χ0n) is 18.6. The van der Waals surface area contributed by atoms with E-state index < -0.39 is 0 Å². The SMILES string of the molecule is CC1CCC2C(Cc3[nH]c4cc(Cl)c(-c5ccc(-c6ccsc6)cc5)nc4c3C#N)CCC12. The lowest BCUT2D eigenvalue weighted by atomic mass is 9.86. The number of aromatic nitrogens is 2. The number of nitriles is 1. The first-order valence-corrected chi connectivity index (χ1v) is 13.2. The summed E-state index contributed by atoms with van der Waals surface area (Å²) in [5.74, 6) is 3.21. The molecule has 33 heavy (non-hydrogen) atoms. The standard InChI is InChI=1S/C28H26ClN3S/c1-16-2-8-22-19(7-9-21(16)22)12-25-23(14-30)28-26(31-25)13-24(29)27(32-28)18-5-3-17(4-6-18)20-10-11-33-15-20/h3-6,10-11,13,15-16,19,21-22,31H,2,7-9,12H2,1H3. The molecule has 4 unspecified atom stereocenters. The van der Waals surface area contributed by atoms with Crippen LogP contribution in [0.5, 0.6) is 0 Å². The molecule has 0 spiro atoms. The summed E-state index contributed by atoms with van der Waals surface area (Å²) in [7, 11) is 0. The van der Waals surface area contributed by atoms with Crippen LogP contribution in [-0.4, -0.2) is 9.97 Å². The van der Waals surface area contributed by atoms with Gasteiger partial charge in [0, 0.05) is 11.3 Å². The van der Waals surface area contributed by atoms with E-state index in [2.05, 4.69) is 59.1 Å². The molecule has 0 radical (unpaired) electrons. The lowest BCUT2D eigenvalue weighted by Gasteiger charge is -2.19. The zero-order valence-corrected chi connectivity index (χ0v) is 20.2. The van der Waals surface area contributed by atoms with Crippen LogP contribution in [0.1, 0.15) is 43.9 Å². The summed E-state index contributed by atoms with van der Waals surface area (Å²) in [5, 5.41) is 14.9. The lowest BCUT2D eigenvalue weighted by molar-refractivity contribution is 0.322. The van der Waals surface area contributed by atoms with Gasteiger partial charge in [-0.05, 0) is 83.4 Å². The average molecular weight is 472 g/mol. The first kappa shape index (κ1) is 21.0. The summed E-state index contributed by atoms with van der Waals surface area (Å²) in [5.41, 5.74) is 7.41. The predicted molar refractivity (Wildman–Crippen MR) is 136 cm³/mol. The normalized spacial score (nSPS) is 24.3. The topological polar surface area (TPSA) is 52.5 Å². The number of pyridine rings is 1. The molecule has 4 aromatic rings. The van der Waals surface area contributed by atoms with Gasteiger partial charge < -0.3 is 4.98 Å². The van der Waals surface area contributed by atoms with E-state index >= 15 is 0 Å². The van der Waals surface area contributed by atoms with Gasteiger partial charge in [-0.25, -0.2) is 4.98 Å². The number of hydrogen-bond donors (Lipinski definition) is 1. The fourth-order valence-electron chi connectivity index (χ4n) is 6.39. The van der Waals surface area contributed by atoms with Gasteiger partial charge >= 0.3 is 0 Å². The Labute approximate surface area is 203 Å². The van der Waals surface area contributed by atoms with Crippen molar-refractivity contribution in [2.24, 2.45) is 23.7 Å². The third-order valence-electron chi connectivity index (χ3n) is 8.10. The third kappa shape index (κ3) is 3.59. The third-order valence-corrected chi connectivity index (χ3v) is 9.07. The van der Waals surface area contributed by atoms with Gasteiger partial charge in [0.25, 0.3) is 0 Å². The van der Waals surface area contributed by atoms with Crippen LogP contribution in [0.3, 0.4) is 0 Å². The Hall–Kier alpha value is -2.61. The van der Waals surface area contributed by atoms with E-state index in [4.69, 9.17) is 16.6 Å². The molecule has 0 aliphatic heterocycles. The number of aromatic amines is 1. The van der Waals surface area contributed by atoms with E-state index in [0.717, 1.165) is 52.2 Å². The number of thiophene rings is 1. The number of hydrogen-bond acceptors (Lipinski definition) is 3. The highest BCUT2D eigenvalue weighted by molar-refractivity contribution is 7.08. The highest BCUT2D eigenvalue weighted by Gasteiger charge is 2.43. The Bertz CT molecular complexity index is 1350. The maximum Gasteiger partial charge on any atom is 0.107 e. The molecule has 0 bridgehead atoms. The maximum absolute atomic E-state index is 10.0. The van der Waals surface area contributed by atoms with Gasteiger partial charge in [0.05, 0.1) is 21.8 Å². The molecule has 0 saturated heterocycles. The Morgan fingerprint density at radius 3 is 2.61 bits per heavy atom. The van der Waals surface area contributed by atoms with Gasteiger partial charge in [-0.1, -0.05) is 49.2 Å². The van der Waals surface area contributed by atoms with Crippen LogP contribution in [0.2, 0.25) is 5.02 Å². The molecule has 0 amide bonds. The molecular weight excluding hydrogens is 446 g/mol. The van der Waals surface area contributed by atoms with Crippen molar-refractivity contribution in [1.29, 1.82) is 5.26 Å². The molecule has 5 heteroatoms. The molecule has 3 aromatic heterocycles. The van der Waals surface area contributed by atoms with Crippen LogP contribution in [0.15, 0.2) is 47.2 Å². The number of H-pyrrole nitrogens is 1. The monoisotopic (exact) mass is 471 g/mol. The minimum Gasteiger partial charge on any atom is -0.356 e. The van der Waals surface area contributed by atoms with E-state index in [0.29, 0.717) is 16.5 Å². The summed E-state index contributed by atoms with van der Waals surface area (Å²) >= 11 is 8.37. The summed E-state index contributed by atoms with van der Waals surface area (Å²) in [6.45, 7) is 2.41. The van der Waals surface area contributed by atoms with Crippen LogP contribution in [0, 0.1) is 35.0 Å². The van der Waals surface area contributed by atoms with Gasteiger partial charge in [0.15, 0.2) is 0 Å². The molecule has 3 heterocycles.